The molecule has 46 valence electrons. The van der Waals surface area contributed by atoms with Gasteiger partial charge in [-0.3, -0.25) is 4.79 Å². The molecule has 4 heteroatoms. The van der Waals surface area contributed by atoms with Gasteiger partial charge < -0.3 is 4.84 Å². The summed E-state index contributed by atoms with van der Waals surface area (Å²) in [5.41, 5.74) is 0.212. The van der Waals surface area contributed by atoms with Crippen LogP contribution in [0, 0.1) is 0 Å². The van der Waals surface area contributed by atoms with Crippen molar-refractivity contribution in [1.82, 2.24) is 0 Å². The molecule has 0 heterocycles. The third kappa shape index (κ3) is 2.69. The molecule has 3 nitrogen and oxygen atoms in total. The van der Waals surface area contributed by atoms with Gasteiger partial charge in [-0.05, 0) is 6.92 Å². The Labute approximate surface area is 50.3 Å². The maximum Gasteiger partial charge on any atom is 0.195 e. The summed E-state index contributed by atoms with van der Waals surface area (Å²) in [6, 6.07) is 0. The van der Waals surface area contributed by atoms with Crippen molar-refractivity contribution >= 4 is 20.5 Å². The van der Waals surface area contributed by atoms with Gasteiger partial charge in [-0.2, -0.15) is 0 Å². The normalized spacial score (nSPS) is 11.1. The van der Waals surface area contributed by atoms with Crippen LogP contribution in [0.3, 0.4) is 0 Å². The predicted octanol–water partition coefficient (Wildman–Crippen LogP) is 0.410. The molecule has 0 N–H and O–H groups in total. The molecule has 8 heavy (non-hydrogen) atoms. The molecule has 1 atom stereocenters. The van der Waals surface area contributed by atoms with Crippen LogP contribution in [0.1, 0.15) is 6.92 Å². The fourth-order valence-corrected chi connectivity index (χ4v) is 0.235. The van der Waals surface area contributed by atoms with Gasteiger partial charge in [0.25, 0.3) is 0 Å². The Kier molecular flexibility index (Phi) is 3.37. The minimum absolute atomic E-state index is 0.146. The molecule has 0 radical (unpaired) electrons. The average Bonchev–Trinajstić information content (AvgIpc) is 1.67. The van der Waals surface area contributed by atoms with Gasteiger partial charge in [0.2, 0.25) is 0 Å². The molecular formula is C4H8NO2P. The number of carbonyl (C=O) groups excluding carboxylic acids is 1. The van der Waals surface area contributed by atoms with Crippen LogP contribution in [0.2, 0.25) is 0 Å². The number of hydrogen-bond acceptors (Lipinski definition) is 3. The summed E-state index contributed by atoms with van der Waals surface area (Å²) in [4.78, 5) is 14.6. The Morgan fingerprint density at radius 1 is 1.75 bits per heavy atom. The minimum Gasteiger partial charge on any atom is -0.399 e. The Morgan fingerprint density at radius 3 is 2.38 bits per heavy atom. The smallest absolute Gasteiger partial charge is 0.195 e. The molecule has 0 aliphatic heterocycles. The zero-order valence-electron chi connectivity index (χ0n) is 4.84. The lowest BCUT2D eigenvalue weighted by molar-refractivity contribution is -0.105. The van der Waals surface area contributed by atoms with Crippen LogP contribution in [0.25, 0.3) is 0 Å². The van der Waals surface area contributed by atoms with Gasteiger partial charge in [-0.1, -0.05) is 14.4 Å². The molecule has 0 saturated heterocycles. The van der Waals surface area contributed by atoms with Crippen molar-refractivity contribution < 1.29 is 9.63 Å². The monoisotopic (exact) mass is 133 g/mol. The van der Waals surface area contributed by atoms with E-state index >= 15 is 0 Å². The second kappa shape index (κ2) is 3.56. The number of carbonyl (C=O) groups is 1. The zero-order valence-corrected chi connectivity index (χ0v) is 6.00. The van der Waals surface area contributed by atoms with E-state index in [4.69, 9.17) is 0 Å². The van der Waals surface area contributed by atoms with E-state index in [0.717, 1.165) is 0 Å². The Balaban J connectivity index is 3.80. The van der Waals surface area contributed by atoms with Crippen LogP contribution in [0.4, 0.5) is 0 Å². The number of oxime groups is 1. The number of nitrogens with zero attached hydrogens (tertiary/aromatic N) is 1. The lowest BCUT2D eigenvalue weighted by Crippen LogP contribution is -2.00. The number of rotatable bonds is 2. The van der Waals surface area contributed by atoms with E-state index in [1.54, 1.807) is 6.92 Å². The molecular weight excluding hydrogens is 125 g/mol. The van der Waals surface area contributed by atoms with Crippen LogP contribution in [-0.2, 0) is 9.63 Å². The fraction of sp³-hybridized carbons (Fsp3) is 0.500. The van der Waals surface area contributed by atoms with Gasteiger partial charge in [0, 0.05) is 0 Å². The van der Waals surface area contributed by atoms with E-state index in [-0.39, 0.29) is 5.52 Å². The Morgan fingerprint density at radius 2 is 2.25 bits per heavy atom. The summed E-state index contributed by atoms with van der Waals surface area (Å²) >= 11 is 0. The quantitative estimate of drug-likeness (QED) is 0.311. The second-order valence-corrected chi connectivity index (χ2v) is 1.75. The first kappa shape index (κ1) is 7.57. The summed E-state index contributed by atoms with van der Waals surface area (Å²) in [6.07, 6.45) is 0. The molecule has 1 unspecified atom stereocenters. The highest BCUT2D eigenvalue weighted by Gasteiger charge is 1.95. The van der Waals surface area contributed by atoms with Crippen LogP contribution in [-0.4, -0.2) is 18.3 Å². The molecule has 0 fully saturated rings. The third-order valence-corrected chi connectivity index (χ3v) is 1.00. The standard InChI is InChI=1S/C4H8NO2P/c1-3(4(6)8)5-7-2/h8H2,1-2H3/b5-3+. The highest BCUT2D eigenvalue weighted by molar-refractivity contribution is 7.45. The van der Waals surface area contributed by atoms with Crippen LogP contribution < -0.4 is 0 Å². The molecule has 0 rings (SSSR count). The molecule has 0 aromatic rings. The van der Waals surface area contributed by atoms with Crippen LogP contribution in [0.15, 0.2) is 5.16 Å². The molecule has 0 aliphatic rings. The summed E-state index contributed by atoms with van der Waals surface area (Å²) in [6.45, 7) is 1.58. The summed E-state index contributed by atoms with van der Waals surface area (Å²) in [5, 5.41) is 3.37. The predicted molar refractivity (Wildman–Crippen MR) is 34.8 cm³/mol. The first-order chi connectivity index (χ1) is 3.68. The lowest BCUT2D eigenvalue weighted by atomic mass is 10.5. The topological polar surface area (TPSA) is 38.7 Å². The largest absolute Gasteiger partial charge is 0.399 e. The molecule has 0 aromatic heterocycles. The summed E-state index contributed by atoms with van der Waals surface area (Å²) < 4.78 is 0. The van der Waals surface area contributed by atoms with Gasteiger partial charge in [-0.25, -0.2) is 0 Å². The second-order valence-electron chi connectivity index (χ2n) is 1.22. The summed E-state index contributed by atoms with van der Waals surface area (Å²) in [5.74, 6) is 0. The highest BCUT2D eigenvalue weighted by Crippen LogP contribution is 1.88. The van der Waals surface area contributed by atoms with E-state index in [9.17, 15) is 4.79 Å². The van der Waals surface area contributed by atoms with Crippen molar-refractivity contribution in [2.24, 2.45) is 5.16 Å². The average molecular weight is 133 g/mol. The SMILES string of the molecule is CO/N=C(\C)C(=O)P. The maximum atomic E-state index is 10.3. The van der Waals surface area contributed by atoms with Crippen molar-refractivity contribution in [3.05, 3.63) is 0 Å². The fourth-order valence-electron chi connectivity index (χ4n) is 0.182. The molecule has 0 amide bonds. The van der Waals surface area contributed by atoms with Crippen molar-refractivity contribution in [1.29, 1.82) is 0 Å². The van der Waals surface area contributed by atoms with Crippen molar-refractivity contribution in [3.63, 3.8) is 0 Å². The summed E-state index contributed by atoms with van der Waals surface area (Å²) in [7, 11) is 3.40. The van der Waals surface area contributed by atoms with Gasteiger partial charge in [-0.15, -0.1) is 0 Å². The van der Waals surface area contributed by atoms with Crippen molar-refractivity contribution in [2.45, 2.75) is 6.92 Å². The Bertz CT molecular complexity index is 121. The van der Waals surface area contributed by atoms with E-state index in [0.29, 0.717) is 5.71 Å². The number of hydrogen-bond donors (Lipinski definition) is 0. The maximum absolute atomic E-state index is 10.3. The van der Waals surface area contributed by atoms with E-state index in [1.807, 2.05) is 9.24 Å². The highest BCUT2D eigenvalue weighted by atomic mass is 31.0. The van der Waals surface area contributed by atoms with E-state index < -0.39 is 0 Å². The van der Waals surface area contributed by atoms with E-state index in [1.165, 1.54) is 7.11 Å². The third-order valence-electron chi connectivity index (χ3n) is 0.585. The van der Waals surface area contributed by atoms with Crippen molar-refractivity contribution in [2.75, 3.05) is 7.11 Å². The molecule has 0 bridgehead atoms. The zero-order chi connectivity index (χ0) is 6.57. The van der Waals surface area contributed by atoms with Crippen LogP contribution >= 0.6 is 9.24 Å². The van der Waals surface area contributed by atoms with Gasteiger partial charge >= 0.3 is 0 Å². The van der Waals surface area contributed by atoms with Crippen molar-refractivity contribution in [3.8, 4) is 0 Å². The molecule has 0 spiro atoms. The Hall–Kier alpha value is -0.430. The van der Waals surface area contributed by atoms with Gasteiger partial charge in [0.15, 0.2) is 5.52 Å². The van der Waals surface area contributed by atoms with Crippen LogP contribution in [0.5, 0.6) is 0 Å². The first-order valence-electron chi connectivity index (χ1n) is 2.06. The molecule has 0 saturated carbocycles. The van der Waals surface area contributed by atoms with Gasteiger partial charge in [0.1, 0.15) is 12.8 Å². The molecule has 0 aliphatic carbocycles. The molecule has 0 aromatic carbocycles. The minimum atomic E-state index is -0.146. The van der Waals surface area contributed by atoms with Gasteiger partial charge in [0.05, 0.1) is 0 Å². The lowest BCUT2D eigenvalue weighted by Gasteiger charge is -1.88. The first-order valence-corrected chi connectivity index (χ1v) is 2.63. The van der Waals surface area contributed by atoms with E-state index in [2.05, 4.69) is 9.99 Å².